The van der Waals surface area contributed by atoms with E-state index in [1.165, 1.54) is 6.07 Å². The van der Waals surface area contributed by atoms with E-state index >= 15 is 0 Å². The second-order valence-corrected chi connectivity index (χ2v) is 13.4. The number of alkyl halides is 3. The highest BCUT2D eigenvalue weighted by molar-refractivity contribution is 7.93. The van der Waals surface area contributed by atoms with E-state index in [1.54, 1.807) is 16.8 Å². The van der Waals surface area contributed by atoms with Crippen molar-refractivity contribution in [2.45, 2.75) is 74.9 Å². The summed E-state index contributed by atoms with van der Waals surface area (Å²) < 4.78 is 69.0. The molecule has 1 saturated heterocycles. The van der Waals surface area contributed by atoms with Crippen LogP contribution < -0.4 is 15.4 Å². The first-order valence-electron chi connectivity index (χ1n) is 13.2. The van der Waals surface area contributed by atoms with Gasteiger partial charge in [0.2, 0.25) is 5.91 Å². The Labute approximate surface area is 223 Å². The van der Waals surface area contributed by atoms with Gasteiger partial charge in [-0.3, -0.25) is 9.59 Å². The highest BCUT2D eigenvalue weighted by Gasteiger charge is 2.47. The number of benzene rings is 1. The fraction of sp³-hybridized carbons (Fsp3) is 0.577. The molecule has 2 amide bonds. The number of amides is 2. The minimum absolute atomic E-state index is 0.0322. The van der Waals surface area contributed by atoms with Gasteiger partial charge >= 0.3 is 6.18 Å². The summed E-state index contributed by atoms with van der Waals surface area (Å²) in [5.41, 5.74) is 1.55. The number of nitrogens with one attached hydrogen (secondary N) is 2. The molecule has 210 valence electrons. The molecule has 0 radical (unpaired) electrons. The highest BCUT2D eigenvalue weighted by atomic mass is 32.2. The molecule has 1 aromatic carbocycles. The van der Waals surface area contributed by atoms with Crippen LogP contribution in [0.3, 0.4) is 0 Å². The number of hydrogen-bond donors (Lipinski definition) is 2. The van der Waals surface area contributed by atoms with Gasteiger partial charge in [0.25, 0.3) is 5.91 Å². The first kappa shape index (κ1) is 26.1. The molecule has 2 atom stereocenters. The van der Waals surface area contributed by atoms with Gasteiger partial charge in [-0.05, 0) is 61.3 Å². The van der Waals surface area contributed by atoms with E-state index in [2.05, 4.69) is 10.6 Å². The van der Waals surface area contributed by atoms with E-state index in [-0.39, 0.29) is 29.3 Å². The van der Waals surface area contributed by atoms with Crippen molar-refractivity contribution in [2.75, 3.05) is 17.7 Å². The summed E-state index contributed by atoms with van der Waals surface area (Å²) in [5, 5.41) is 9.40. The van der Waals surface area contributed by atoms with Crippen molar-refractivity contribution in [3.8, 4) is 5.75 Å². The number of carbonyl (C=O) groups excluding carboxylic acids is 2. The molecule has 1 aromatic heterocycles. The van der Waals surface area contributed by atoms with Crippen molar-refractivity contribution in [3.05, 3.63) is 40.6 Å². The zero-order chi connectivity index (χ0) is 27.6. The van der Waals surface area contributed by atoms with Gasteiger partial charge in [0, 0.05) is 13.0 Å². The normalized spacial score (nSPS) is 25.3. The van der Waals surface area contributed by atoms with E-state index < -0.39 is 45.2 Å². The number of aromatic nitrogens is 2. The number of ether oxygens (including phenoxy) is 1. The van der Waals surface area contributed by atoms with Crippen LogP contribution in [0, 0.1) is 5.92 Å². The molecule has 13 heteroatoms. The van der Waals surface area contributed by atoms with Crippen LogP contribution in [0.5, 0.6) is 5.75 Å². The van der Waals surface area contributed by atoms with E-state index in [0.29, 0.717) is 43.8 Å². The maximum atomic E-state index is 13.6. The monoisotopic (exact) mass is 566 g/mol. The zero-order valence-electron chi connectivity index (χ0n) is 21.1. The van der Waals surface area contributed by atoms with Crippen LogP contribution >= 0.6 is 0 Å². The summed E-state index contributed by atoms with van der Waals surface area (Å²) >= 11 is 0. The lowest BCUT2D eigenvalue weighted by atomic mass is 9.82. The topological polar surface area (TPSA) is 119 Å². The largest absolute Gasteiger partial charge is 0.484 e. The Kier molecular flexibility index (Phi) is 6.20. The van der Waals surface area contributed by atoms with E-state index in [0.717, 1.165) is 30.4 Å². The molecule has 9 nitrogen and oxygen atoms in total. The van der Waals surface area contributed by atoms with Crippen LogP contribution in [0.1, 0.15) is 65.7 Å². The molecule has 1 saturated carbocycles. The average Bonchev–Trinajstić information content (AvgIpc) is 3.41. The number of rotatable bonds is 7. The van der Waals surface area contributed by atoms with Gasteiger partial charge in [-0.25, -0.2) is 13.1 Å². The van der Waals surface area contributed by atoms with E-state index in [9.17, 15) is 31.2 Å². The van der Waals surface area contributed by atoms with Gasteiger partial charge in [0.1, 0.15) is 22.4 Å². The Hall–Kier alpha value is -3.09. The molecule has 39 heavy (non-hydrogen) atoms. The second kappa shape index (κ2) is 9.24. The van der Waals surface area contributed by atoms with Crippen LogP contribution in [-0.2, 0) is 39.6 Å². The number of carbonyl (C=O) groups is 2. The van der Waals surface area contributed by atoms with E-state index in [1.807, 2.05) is 0 Å². The smallest absolute Gasteiger partial charge is 0.422 e. The van der Waals surface area contributed by atoms with Crippen LogP contribution in [-0.4, -0.2) is 53.8 Å². The van der Waals surface area contributed by atoms with Crippen molar-refractivity contribution < 1.29 is 35.9 Å². The highest BCUT2D eigenvalue weighted by Crippen LogP contribution is 2.45. The zero-order valence-corrected chi connectivity index (χ0v) is 22.0. The van der Waals surface area contributed by atoms with Gasteiger partial charge in [-0.15, -0.1) is 0 Å². The summed E-state index contributed by atoms with van der Waals surface area (Å²) in [6.45, 7) is -0.895. The summed E-state index contributed by atoms with van der Waals surface area (Å²) in [7, 11) is -3.54. The fourth-order valence-corrected chi connectivity index (χ4v) is 7.83. The van der Waals surface area contributed by atoms with Crippen LogP contribution in [0.4, 0.5) is 19.0 Å². The quantitative estimate of drug-likeness (QED) is 0.531. The van der Waals surface area contributed by atoms with Gasteiger partial charge in [-0.2, -0.15) is 18.3 Å². The summed E-state index contributed by atoms with van der Waals surface area (Å²) in [6.07, 6.45) is 0.717. The molecule has 2 N–H and O–H groups in total. The molecule has 4 aliphatic rings. The molecular formula is C26H29F3N4O5S. The lowest BCUT2D eigenvalue weighted by Gasteiger charge is -2.35. The molecular weight excluding hydrogens is 537 g/mol. The second-order valence-electron chi connectivity index (χ2n) is 11.0. The molecule has 2 aliphatic carbocycles. The molecule has 0 unspecified atom stereocenters. The molecule has 2 aromatic rings. The first-order chi connectivity index (χ1) is 18.4. The number of hydrogen-bond acceptors (Lipinski definition) is 6. The van der Waals surface area contributed by atoms with E-state index in [4.69, 9.17) is 9.84 Å². The maximum Gasteiger partial charge on any atom is 0.422 e. The Bertz CT molecular complexity index is 1450. The third-order valence-corrected chi connectivity index (χ3v) is 10.4. The summed E-state index contributed by atoms with van der Waals surface area (Å²) in [5.74, 6) is -0.200. The number of fused-ring (bicyclic) bond motifs is 3. The molecule has 6 rings (SSSR count). The number of sulfone groups is 1. The number of anilines is 1. The fourth-order valence-electron chi connectivity index (χ4n) is 6.06. The molecule has 2 aliphatic heterocycles. The minimum Gasteiger partial charge on any atom is -0.484 e. The van der Waals surface area contributed by atoms with Gasteiger partial charge in [0.05, 0.1) is 17.0 Å². The molecule has 2 fully saturated rings. The summed E-state index contributed by atoms with van der Waals surface area (Å²) in [4.78, 5) is 26.6. The van der Waals surface area contributed by atoms with Crippen molar-refractivity contribution in [3.63, 3.8) is 0 Å². The molecule has 1 spiro atoms. The average molecular weight is 567 g/mol. The lowest BCUT2D eigenvalue weighted by molar-refractivity contribution is -0.153. The van der Waals surface area contributed by atoms with Crippen molar-refractivity contribution in [1.29, 1.82) is 0 Å². The third-order valence-electron chi connectivity index (χ3n) is 8.20. The Morgan fingerprint density at radius 1 is 1.26 bits per heavy atom. The van der Waals surface area contributed by atoms with Gasteiger partial charge in [0.15, 0.2) is 16.4 Å². The van der Waals surface area contributed by atoms with Crippen molar-refractivity contribution in [2.24, 2.45) is 5.92 Å². The molecule has 3 heterocycles. The Morgan fingerprint density at radius 3 is 2.74 bits per heavy atom. The first-order valence-corrected chi connectivity index (χ1v) is 14.9. The Balaban J connectivity index is 1.29. The van der Waals surface area contributed by atoms with Crippen LogP contribution in [0.25, 0.3) is 0 Å². The van der Waals surface area contributed by atoms with Crippen LogP contribution in [0.15, 0.2) is 18.2 Å². The number of aryl methyl sites for hydroxylation is 2. The SMILES string of the molecule is O=C1N[C@@]2(CCc3cc(OCC(F)(F)F)ccc32)Cc2nn(CCC3CC3)c(NC(=O)[C@H]3CCCS3(=O)=O)c21. The molecule has 0 bridgehead atoms. The third kappa shape index (κ3) is 5.01. The lowest BCUT2D eigenvalue weighted by Crippen LogP contribution is -2.50. The number of nitrogens with zero attached hydrogens (tertiary/aromatic N) is 2. The maximum absolute atomic E-state index is 13.6. The van der Waals surface area contributed by atoms with Gasteiger partial charge < -0.3 is 15.4 Å². The number of halogens is 3. The predicted octanol–water partition coefficient (Wildman–Crippen LogP) is 3.27. The van der Waals surface area contributed by atoms with Crippen molar-refractivity contribution in [1.82, 2.24) is 15.1 Å². The standard InChI is InChI=1S/C26H29F3N4O5S/c27-26(28,29)14-38-17-5-6-18-16(12-17)7-9-25(18)13-19-21(24(35)31-25)22(33(32-19)10-8-15-3-4-15)30-23(34)20-2-1-11-39(20,36)37/h5-6,12,15,20H,1-4,7-11,13-14H2,(H,30,34)(H,31,35)/t20-,25+/m1/s1. The van der Waals surface area contributed by atoms with Gasteiger partial charge in [-0.1, -0.05) is 18.9 Å². The predicted molar refractivity (Wildman–Crippen MR) is 134 cm³/mol. The van der Waals surface area contributed by atoms with Crippen LogP contribution in [0.2, 0.25) is 0 Å². The minimum atomic E-state index is -4.44. The summed E-state index contributed by atoms with van der Waals surface area (Å²) in [6, 6.07) is 4.75. The van der Waals surface area contributed by atoms with Crippen molar-refractivity contribution >= 4 is 27.5 Å². The Morgan fingerprint density at radius 2 is 2.05 bits per heavy atom.